The van der Waals surface area contributed by atoms with E-state index in [2.05, 4.69) is 0 Å². The number of carbonyl (C=O) groups excluding carboxylic acids is 1. The van der Waals surface area contributed by atoms with Gasteiger partial charge in [0.25, 0.3) is 0 Å². The van der Waals surface area contributed by atoms with Gasteiger partial charge in [0.15, 0.2) is 11.9 Å². The van der Waals surface area contributed by atoms with E-state index in [9.17, 15) is 4.79 Å². The summed E-state index contributed by atoms with van der Waals surface area (Å²) in [6.45, 7) is 6.33. The van der Waals surface area contributed by atoms with Crippen molar-refractivity contribution >= 4 is 5.97 Å². The van der Waals surface area contributed by atoms with Crippen LogP contribution in [0.5, 0.6) is 0 Å². The number of esters is 1. The third kappa shape index (κ3) is 4.52. The average molecular weight is 294 g/mol. The topological polar surface area (TPSA) is 54.0 Å². The zero-order chi connectivity index (χ0) is 15.3. The maximum absolute atomic E-state index is 12.1. The van der Waals surface area contributed by atoms with Crippen molar-refractivity contribution in [3.05, 3.63) is 35.9 Å². The standard InChI is InChI=1S/C16H22O5/c1-4-18-15(17)14(13-11-20-16(2,3)21-13)19-10-12-8-6-5-7-9-12/h5-9,13-14H,4,10-11H2,1-3H3/t13-,14+/m1/s1. The SMILES string of the molecule is CCOC(=O)[C@@H](OCc1ccccc1)[C@H]1COC(C)(C)O1. The van der Waals surface area contributed by atoms with Crippen molar-refractivity contribution in [3.8, 4) is 0 Å². The smallest absolute Gasteiger partial charge is 0.338 e. The number of benzene rings is 1. The van der Waals surface area contributed by atoms with Crippen LogP contribution in [0.1, 0.15) is 26.3 Å². The van der Waals surface area contributed by atoms with Crippen molar-refractivity contribution < 1.29 is 23.7 Å². The molecule has 0 aliphatic carbocycles. The van der Waals surface area contributed by atoms with Crippen LogP contribution in [0.4, 0.5) is 0 Å². The minimum Gasteiger partial charge on any atom is -0.464 e. The zero-order valence-electron chi connectivity index (χ0n) is 12.7. The molecule has 1 aromatic rings. The summed E-state index contributed by atoms with van der Waals surface area (Å²) < 4.78 is 22.0. The molecule has 0 aromatic heterocycles. The van der Waals surface area contributed by atoms with Gasteiger partial charge in [0, 0.05) is 0 Å². The predicted molar refractivity (Wildman–Crippen MR) is 76.6 cm³/mol. The van der Waals surface area contributed by atoms with Crippen LogP contribution in [0, 0.1) is 0 Å². The van der Waals surface area contributed by atoms with E-state index < -0.39 is 24.0 Å². The summed E-state index contributed by atoms with van der Waals surface area (Å²) in [6, 6.07) is 9.67. The molecular formula is C16H22O5. The molecule has 1 fully saturated rings. The van der Waals surface area contributed by atoms with Gasteiger partial charge in [-0.25, -0.2) is 4.79 Å². The number of ether oxygens (including phenoxy) is 4. The van der Waals surface area contributed by atoms with Gasteiger partial charge >= 0.3 is 5.97 Å². The first-order chi connectivity index (χ1) is 10.0. The van der Waals surface area contributed by atoms with Gasteiger partial charge in [-0.2, -0.15) is 0 Å². The monoisotopic (exact) mass is 294 g/mol. The summed E-state index contributed by atoms with van der Waals surface area (Å²) >= 11 is 0. The molecule has 2 rings (SSSR count). The van der Waals surface area contributed by atoms with Crippen LogP contribution in [0.25, 0.3) is 0 Å². The Morgan fingerprint density at radius 1 is 1.38 bits per heavy atom. The zero-order valence-corrected chi connectivity index (χ0v) is 12.7. The molecule has 116 valence electrons. The first kappa shape index (κ1) is 15.9. The summed E-state index contributed by atoms with van der Waals surface area (Å²) in [6.07, 6.45) is -1.24. The van der Waals surface area contributed by atoms with Gasteiger partial charge in [-0.15, -0.1) is 0 Å². The first-order valence-corrected chi connectivity index (χ1v) is 7.16. The Morgan fingerprint density at radius 3 is 2.67 bits per heavy atom. The van der Waals surface area contributed by atoms with E-state index in [4.69, 9.17) is 18.9 Å². The molecule has 1 heterocycles. The lowest BCUT2D eigenvalue weighted by molar-refractivity contribution is -0.180. The van der Waals surface area contributed by atoms with Crippen LogP contribution in [0.2, 0.25) is 0 Å². The van der Waals surface area contributed by atoms with Gasteiger partial charge < -0.3 is 18.9 Å². The van der Waals surface area contributed by atoms with E-state index in [1.165, 1.54) is 0 Å². The molecule has 1 aliphatic heterocycles. The first-order valence-electron chi connectivity index (χ1n) is 7.16. The summed E-state index contributed by atoms with van der Waals surface area (Å²) in [5.74, 6) is -1.12. The Hall–Kier alpha value is -1.43. The molecule has 1 aromatic carbocycles. The summed E-state index contributed by atoms with van der Waals surface area (Å²) in [5, 5.41) is 0. The second-order valence-electron chi connectivity index (χ2n) is 5.34. The molecule has 0 unspecified atom stereocenters. The number of hydrogen-bond donors (Lipinski definition) is 0. The van der Waals surface area contributed by atoms with Crippen LogP contribution >= 0.6 is 0 Å². The molecule has 5 nitrogen and oxygen atoms in total. The van der Waals surface area contributed by atoms with Gasteiger partial charge in [-0.3, -0.25) is 0 Å². The maximum Gasteiger partial charge on any atom is 0.338 e. The third-order valence-corrected chi connectivity index (χ3v) is 3.16. The Labute approximate surface area is 125 Å². The fourth-order valence-electron chi connectivity index (χ4n) is 2.18. The van der Waals surface area contributed by atoms with E-state index in [0.717, 1.165) is 5.56 Å². The van der Waals surface area contributed by atoms with Crippen LogP contribution in [-0.4, -0.2) is 37.2 Å². The van der Waals surface area contributed by atoms with Crippen molar-refractivity contribution in [1.82, 2.24) is 0 Å². The molecule has 1 saturated heterocycles. The predicted octanol–water partition coefficient (Wildman–Crippen LogP) is 2.29. The number of rotatable bonds is 6. The molecule has 5 heteroatoms. The fourth-order valence-corrected chi connectivity index (χ4v) is 2.18. The van der Waals surface area contributed by atoms with Gasteiger partial charge in [-0.05, 0) is 26.3 Å². The minimum atomic E-state index is -0.785. The van der Waals surface area contributed by atoms with Gasteiger partial charge in [-0.1, -0.05) is 30.3 Å². The summed E-state index contributed by atoms with van der Waals surface area (Å²) in [7, 11) is 0. The lowest BCUT2D eigenvalue weighted by Gasteiger charge is -2.23. The highest BCUT2D eigenvalue weighted by molar-refractivity contribution is 5.75. The molecule has 0 bridgehead atoms. The lowest BCUT2D eigenvalue weighted by atomic mass is 10.2. The fraction of sp³-hybridized carbons (Fsp3) is 0.562. The second kappa shape index (κ2) is 7.02. The second-order valence-corrected chi connectivity index (χ2v) is 5.34. The van der Waals surface area contributed by atoms with Crippen molar-refractivity contribution in [2.24, 2.45) is 0 Å². The van der Waals surface area contributed by atoms with Crippen molar-refractivity contribution in [1.29, 1.82) is 0 Å². The highest BCUT2D eigenvalue weighted by atomic mass is 16.8. The van der Waals surface area contributed by atoms with Crippen LogP contribution in [0.15, 0.2) is 30.3 Å². The molecule has 0 saturated carbocycles. The molecule has 21 heavy (non-hydrogen) atoms. The molecule has 0 radical (unpaired) electrons. The van der Waals surface area contributed by atoms with E-state index in [1.54, 1.807) is 6.92 Å². The average Bonchev–Trinajstić information content (AvgIpc) is 2.81. The quantitative estimate of drug-likeness (QED) is 0.753. The Kier molecular flexibility index (Phi) is 5.33. The van der Waals surface area contributed by atoms with Crippen molar-refractivity contribution in [2.45, 2.75) is 45.4 Å². The number of hydrogen-bond acceptors (Lipinski definition) is 5. The Bertz CT molecular complexity index is 457. The highest BCUT2D eigenvalue weighted by Crippen LogP contribution is 2.26. The third-order valence-electron chi connectivity index (χ3n) is 3.16. The van der Waals surface area contributed by atoms with Crippen molar-refractivity contribution in [2.75, 3.05) is 13.2 Å². The maximum atomic E-state index is 12.1. The van der Waals surface area contributed by atoms with Gasteiger partial charge in [0.05, 0.1) is 19.8 Å². The van der Waals surface area contributed by atoms with Crippen LogP contribution in [-0.2, 0) is 30.3 Å². The Balaban J connectivity index is 2.01. The van der Waals surface area contributed by atoms with E-state index >= 15 is 0 Å². The molecular weight excluding hydrogens is 272 g/mol. The van der Waals surface area contributed by atoms with Gasteiger partial charge in [0.2, 0.25) is 0 Å². The summed E-state index contributed by atoms with van der Waals surface area (Å²) in [4.78, 5) is 12.1. The van der Waals surface area contributed by atoms with E-state index in [-0.39, 0.29) is 0 Å². The van der Waals surface area contributed by atoms with E-state index in [1.807, 2.05) is 44.2 Å². The van der Waals surface area contributed by atoms with E-state index in [0.29, 0.717) is 19.8 Å². The number of carbonyl (C=O) groups is 1. The molecule has 0 spiro atoms. The largest absolute Gasteiger partial charge is 0.464 e. The Morgan fingerprint density at radius 2 is 2.10 bits per heavy atom. The molecule has 2 atom stereocenters. The molecule has 0 amide bonds. The normalized spacial score (nSPS) is 22.0. The van der Waals surface area contributed by atoms with Crippen molar-refractivity contribution in [3.63, 3.8) is 0 Å². The van der Waals surface area contributed by atoms with Crippen LogP contribution < -0.4 is 0 Å². The van der Waals surface area contributed by atoms with Crippen LogP contribution in [0.3, 0.4) is 0 Å². The molecule has 1 aliphatic rings. The molecule has 0 N–H and O–H groups in total. The van der Waals surface area contributed by atoms with Gasteiger partial charge in [0.1, 0.15) is 6.10 Å². The highest BCUT2D eigenvalue weighted by Gasteiger charge is 2.41. The summed E-state index contributed by atoms with van der Waals surface area (Å²) in [5.41, 5.74) is 0.991. The lowest BCUT2D eigenvalue weighted by Crippen LogP contribution is -2.40. The minimum absolute atomic E-state index is 0.307.